The molecule has 1 heteroatoms. The molecule has 0 bridgehead atoms. The zero-order valence-electron chi connectivity index (χ0n) is 16.0. The fraction of sp³-hybridized carbons (Fsp3) is 0.870. The smallest absolute Gasteiger partial charge is 0.0301 e. The molecule has 0 aliphatic heterocycles. The highest BCUT2D eigenvalue weighted by Crippen LogP contribution is 2.67. The van der Waals surface area contributed by atoms with Gasteiger partial charge in [0.05, 0.1) is 0 Å². The van der Waals surface area contributed by atoms with Crippen LogP contribution in [0.25, 0.3) is 0 Å². The van der Waals surface area contributed by atoms with E-state index >= 15 is 0 Å². The van der Waals surface area contributed by atoms with Crippen molar-refractivity contribution in [2.75, 3.05) is 0 Å². The van der Waals surface area contributed by atoms with Crippen LogP contribution in [-0.2, 0) is 0 Å². The average molecular weight is 326 g/mol. The van der Waals surface area contributed by atoms with Crippen molar-refractivity contribution in [3.8, 4) is 12.5 Å². The summed E-state index contributed by atoms with van der Waals surface area (Å²) >= 11 is 0. The van der Waals surface area contributed by atoms with E-state index in [1.54, 1.807) is 0 Å². The summed E-state index contributed by atoms with van der Waals surface area (Å²) < 4.78 is 0. The Labute approximate surface area is 149 Å². The third-order valence-corrected chi connectivity index (χ3v) is 9.33. The van der Waals surface area contributed by atoms with E-state index in [1.165, 1.54) is 69.9 Å². The van der Waals surface area contributed by atoms with Crippen LogP contribution in [0.4, 0.5) is 0 Å². The number of hydrogen-bond donors (Lipinski definition) is 0. The van der Waals surface area contributed by atoms with Gasteiger partial charge in [-0.2, -0.15) is 0 Å². The van der Waals surface area contributed by atoms with E-state index < -0.39 is 0 Å². The summed E-state index contributed by atoms with van der Waals surface area (Å²) in [6.07, 6.45) is 20.1. The quantitative estimate of drug-likeness (QED) is 0.409. The summed E-state index contributed by atoms with van der Waals surface area (Å²) in [6, 6.07) is 2.54. The maximum Gasteiger partial charge on any atom is 0.0301 e. The molecule has 0 N–H and O–H groups in total. The molecule has 0 amide bonds. The molecular weight excluding hydrogens is 290 g/mol. The van der Waals surface area contributed by atoms with Gasteiger partial charge in [-0.05, 0) is 92.8 Å². The Bertz CT molecular complexity index is 569. The van der Waals surface area contributed by atoms with E-state index in [0.717, 1.165) is 23.7 Å². The van der Waals surface area contributed by atoms with Crippen molar-refractivity contribution in [3.05, 3.63) is 0 Å². The van der Waals surface area contributed by atoms with Crippen molar-refractivity contribution in [1.82, 2.24) is 0 Å². The first-order valence-corrected chi connectivity index (χ1v) is 10.5. The highest BCUT2D eigenvalue weighted by molar-refractivity contribution is 5.86. The lowest BCUT2D eigenvalue weighted by molar-refractivity contribution is -0.106. The number of hydrogen-bond acceptors (Lipinski definition) is 1. The summed E-state index contributed by atoms with van der Waals surface area (Å²) in [5.74, 6) is 4.56. The van der Waals surface area contributed by atoms with Crippen LogP contribution in [0, 0.1) is 52.9 Å². The molecule has 1 nitrogen and oxygen atoms in total. The molecule has 24 heavy (non-hydrogen) atoms. The molecule has 0 heterocycles. The Morgan fingerprint density at radius 2 is 1.71 bits per heavy atom. The normalized spacial score (nSPS) is 51.2. The summed E-state index contributed by atoms with van der Waals surface area (Å²) in [5, 5.41) is 0. The van der Waals surface area contributed by atoms with Gasteiger partial charge in [-0.25, -0.2) is 4.99 Å². The van der Waals surface area contributed by atoms with Crippen molar-refractivity contribution in [2.45, 2.75) is 85.0 Å². The van der Waals surface area contributed by atoms with Crippen molar-refractivity contribution < 1.29 is 0 Å². The Morgan fingerprint density at radius 1 is 0.917 bits per heavy atom. The first-order chi connectivity index (χ1) is 11.5. The summed E-state index contributed by atoms with van der Waals surface area (Å²) in [6.45, 7) is 7.44. The van der Waals surface area contributed by atoms with E-state index in [4.69, 9.17) is 6.42 Å². The molecule has 7 unspecified atom stereocenters. The molecule has 0 aromatic rings. The van der Waals surface area contributed by atoms with Crippen LogP contribution in [0.2, 0.25) is 0 Å². The van der Waals surface area contributed by atoms with Gasteiger partial charge in [-0.3, -0.25) is 0 Å². The van der Waals surface area contributed by atoms with Gasteiger partial charge >= 0.3 is 0 Å². The van der Waals surface area contributed by atoms with Crippen molar-refractivity contribution in [1.29, 1.82) is 0 Å². The SMILES string of the molecule is C#C/N=C(\C)C1CCC2C3CCC4CCCCC4(C)C3CCC12C. The molecule has 0 radical (unpaired) electrons. The molecule has 0 spiro atoms. The molecule has 7 atom stereocenters. The van der Waals surface area contributed by atoms with Gasteiger partial charge in [-0.1, -0.05) is 33.1 Å². The van der Waals surface area contributed by atoms with E-state index in [0.29, 0.717) is 16.7 Å². The fourth-order valence-corrected chi connectivity index (χ4v) is 8.16. The first-order valence-electron chi connectivity index (χ1n) is 10.5. The molecule has 4 saturated carbocycles. The van der Waals surface area contributed by atoms with Crippen LogP contribution >= 0.6 is 0 Å². The summed E-state index contributed by atoms with van der Waals surface area (Å²) in [5.41, 5.74) is 2.35. The Morgan fingerprint density at radius 3 is 2.50 bits per heavy atom. The number of nitrogens with zero attached hydrogens (tertiary/aromatic N) is 1. The molecule has 4 aliphatic rings. The second kappa shape index (κ2) is 5.89. The number of terminal acetylenes is 1. The van der Waals surface area contributed by atoms with E-state index in [2.05, 4.69) is 31.8 Å². The van der Waals surface area contributed by atoms with Gasteiger partial charge in [-0.15, -0.1) is 0 Å². The highest BCUT2D eigenvalue weighted by Gasteiger charge is 2.59. The van der Waals surface area contributed by atoms with Gasteiger partial charge in [0.15, 0.2) is 0 Å². The number of rotatable bonds is 1. The summed E-state index contributed by atoms with van der Waals surface area (Å²) in [4.78, 5) is 4.37. The van der Waals surface area contributed by atoms with Gasteiger partial charge < -0.3 is 0 Å². The number of aliphatic imine (C=N–C) groups is 1. The monoisotopic (exact) mass is 325 g/mol. The molecule has 4 fully saturated rings. The topological polar surface area (TPSA) is 12.4 Å². The van der Waals surface area contributed by atoms with E-state index in [1.807, 2.05) is 0 Å². The van der Waals surface area contributed by atoms with Crippen LogP contribution in [0.5, 0.6) is 0 Å². The van der Waals surface area contributed by atoms with Crippen molar-refractivity contribution in [2.24, 2.45) is 45.4 Å². The molecule has 4 aliphatic carbocycles. The lowest BCUT2D eigenvalue weighted by Crippen LogP contribution is -2.53. The maximum absolute atomic E-state index is 5.47. The van der Waals surface area contributed by atoms with Gasteiger partial charge in [0.2, 0.25) is 0 Å². The van der Waals surface area contributed by atoms with Crippen molar-refractivity contribution in [3.63, 3.8) is 0 Å². The minimum absolute atomic E-state index is 0.462. The molecular formula is C23H35N. The van der Waals surface area contributed by atoms with E-state index in [-0.39, 0.29) is 0 Å². The predicted octanol–water partition coefficient (Wildman–Crippen LogP) is 6.09. The lowest BCUT2D eigenvalue weighted by Gasteiger charge is -2.60. The Kier molecular flexibility index (Phi) is 4.10. The fourth-order valence-electron chi connectivity index (χ4n) is 8.16. The van der Waals surface area contributed by atoms with Crippen LogP contribution in [0.15, 0.2) is 4.99 Å². The largest absolute Gasteiger partial charge is 0.207 e. The minimum atomic E-state index is 0.462. The predicted molar refractivity (Wildman–Crippen MR) is 102 cm³/mol. The average Bonchev–Trinajstić information content (AvgIpc) is 2.92. The van der Waals surface area contributed by atoms with Crippen LogP contribution < -0.4 is 0 Å². The van der Waals surface area contributed by atoms with Crippen molar-refractivity contribution >= 4 is 5.71 Å². The number of fused-ring (bicyclic) bond motifs is 5. The molecule has 4 rings (SSSR count). The molecule has 132 valence electrons. The molecule has 0 aromatic heterocycles. The third kappa shape index (κ3) is 2.24. The highest BCUT2D eigenvalue weighted by atomic mass is 14.7. The molecule has 0 aromatic carbocycles. The van der Waals surface area contributed by atoms with Gasteiger partial charge in [0.1, 0.15) is 0 Å². The third-order valence-electron chi connectivity index (χ3n) is 9.33. The second-order valence-electron chi connectivity index (χ2n) is 9.96. The minimum Gasteiger partial charge on any atom is -0.207 e. The first kappa shape index (κ1) is 16.7. The second-order valence-corrected chi connectivity index (χ2v) is 9.96. The van der Waals surface area contributed by atoms with Crippen LogP contribution in [-0.4, -0.2) is 5.71 Å². The zero-order valence-corrected chi connectivity index (χ0v) is 16.0. The summed E-state index contributed by atoms with van der Waals surface area (Å²) in [7, 11) is 0. The van der Waals surface area contributed by atoms with Gasteiger partial charge in [0, 0.05) is 17.7 Å². The Hall–Kier alpha value is -0.770. The van der Waals surface area contributed by atoms with E-state index in [9.17, 15) is 0 Å². The zero-order chi connectivity index (χ0) is 16.9. The molecule has 0 saturated heterocycles. The lowest BCUT2D eigenvalue weighted by atomic mass is 9.45. The maximum atomic E-state index is 5.47. The van der Waals surface area contributed by atoms with Gasteiger partial charge in [0.25, 0.3) is 0 Å². The van der Waals surface area contributed by atoms with Crippen LogP contribution in [0.1, 0.15) is 85.0 Å². The standard InChI is InChI=1S/C23H35N/c1-5-24-16(2)19-11-12-20-18-10-9-17-8-6-7-14-22(17,3)21(18)13-15-23(19,20)4/h1,17-21H,6-15H2,2-4H3/b24-16+. The van der Waals surface area contributed by atoms with Crippen LogP contribution in [0.3, 0.4) is 0 Å². The Balaban J connectivity index is 1.62.